The Morgan fingerprint density at radius 2 is 1.92 bits per heavy atom. The Balaban J connectivity index is 3.09. The Kier molecular flexibility index (Phi) is 7.78. The van der Waals surface area contributed by atoms with E-state index in [1.54, 1.807) is 0 Å². The molecule has 4 nitrogen and oxygen atoms in total. The number of ether oxygens (including phenoxy) is 2. The molecule has 0 aliphatic rings. The highest BCUT2D eigenvalue weighted by molar-refractivity contribution is 8.29. The van der Waals surface area contributed by atoms with Crippen LogP contribution in [0.25, 0.3) is 0 Å². The zero-order valence-corrected chi connectivity index (χ0v) is 9.36. The van der Waals surface area contributed by atoms with Crippen molar-refractivity contribution >= 4 is 20.0 Å². The van der Waals surface area contributed by atoms with Crippen molar-refractivity contribution in [1.29, 1.82) is 0 Å². The van der Waals surface area contributed by atoms with Crippen LogP contribution in [0.2, 0.25) is 0 Å². The van der Waals surface area contributed by atoms with Gasteiger partial charge in [-0.15, -0.1) is 0 Å². The molecular formula is C7H16O4S2. The summed E-state index contributed by atoms with van der Waals surface area (Å²) in [5, 5.41) is 0. The first-order valence-corrected chi connectivity index (χ1v) is 6.78. The van der Waals surface area contributed by atoms with E-state index in [9.17, 15) is 4.21 Å². The molecule has 0 fully saturated rings. The van der Waals surface area contributed by atoms with E-state index in [0.717, 1.165) is 0 Å². The zero-order valence-electron chi connectivity index (χ0n) is 7.73. The average molecular weight is 228 g/mol. The molecule has 1 atom stereocenters. The van der Waals surface area contributed by atoms with Gasteiger partial charge in [-0.05, 0) is 13.3 Å². The molecule has 6 heteroatoms. The molecule has 0 rings (SSSR count). The summed E-state index contributed by atoms with van der Waals surface area (Å²) in [6, 6.07) is 0. The van der Waals surface area contributed by atoms with Gasteiger partial charge in [0.1, 0.15) is 8.77 Å². The van der Waals surface area contributed by atoms with E-state index >= 15 is 0 Å². The van der Waals surface area contributed by atoms with Crippen molar-refractivity contribution in [2.75, 3.05) is 32.2 Å². The van der Waals surface area contributed by atoms with Crippen LogP contribution >= 0.6 is 0 Å². The van der Waals surface area contributed by atoms with Gasteiger partial charge in [-0.1, -0.05) is 0 Å². The van der Waals surface area contributed by atoms with Crippen LogP contribution in [0.1, 0.15) is 13.3 Å². The van der Waals surface area contributed by atoms with E-state index in [0.29, 0.717) is 32.8 Å². The van der Waals surface area contributed by atoms with Crippen molar-refractivity contribution in [3.63, 3.8) is 0 Å². The third-order valence-corrected chi connectivity index (χ3v) is 2.57. The third-order valence-electron chi connectivity index (χ3n) is 1.27. The second kappa shape index (κ2) is 7.64. The predicted octanol–water partition coefficient (Wildman–Crippen LogP) is 0.649. The minimum absolute atomic E-state index is 0.122. The molecule has 0 radical (unpaired) electrons. The van der Waals surface area contributed by atoms with Crippen LogP contribution < -0.4 is 0 Å². The third kappa shape index (κ3) is 12.2. The van der Waals surface area contributed by atoms with Crippen LogP contribution in [-0.4, -0.2) is 40.9 Å². The average Bonchev–Trinajstić information content (AvgIpc) is 2.01. The topological polar surface area (TPSA) is 55.8 Å². The summed E-state index contributed by atoms with van der Waals surface area (Å²) in [6.45, 7) is 4.15. The fourth-order valence-electron chi connectivity index (χ4n) is 0.708. The first-order valence-electron chi connectivity index (χ1n) is 4.17. The van der Waals surface area contributed by atoms with Crippen LogP contribution in [-0.2, 0) is 29.4 Å². The molecule has 0 saturated carbocycles. The lowest BCUT2D eigenvalue weighted by atomic mass is 10.5. The second-order valence-corrected chi connectivity index (χ2v) is 5.58. The molecule has 0 aromatic heterocycles. The van der Waals surface area contributed by atoms with Crippen molar-refractivity contribution in [2.24, 2.45) is 0 Å². The van der Waals surface area contributed by atoms with Crippen LogP contribution in [0.15, 0.2) is 0 Å². The van der Waals surface area contributed by atoms with Gasteiger partial charge in [-0.3, -0.25) is 0 Å². The van der Waals surface area contributed by atoms with Crippen molar-refractivity contribution in [1.82, 2.24) is 0 Å². The van der Waals surface area contributed by atoms with Gasteiger partial charge in [-0.2, -0.15) is 0 Å². The first-order chi connectivity index (χ1) is 6.06. The number of rotatable bonds is 8. The Bertz CT molecular complexity index is 201. The minimum Gasteiger partial charge on any atom is -0.379 e. The zero-order chi connectivity index (χ0) is 10.2. The molecule has 0 aliphatic carbocycles. The normalized spacial score (nSPS) is 15.5. The molecule has 0 aromatic rings. The largest absolute Gasteiger partial charge is 0.379 e. The Hall–Kier alpha value is 0.250. The SMILES string of the molecule is CCOCCOCCCS(=O)(O)=S. The number of hydrogen-bond donors (Lipinski definition) is 1. The maximum atomic E-state index is 10.6. The molecular weight excluding hydrogens is 212 g/mol. The summed E-state index contributed by atoms with van der Waals surface area (Å²) < 4.78 is 29.5. The molecule has 0 aliphatic heterocycles. The second-order valence-electron chi connectivity index (χ2n) is 2.45. The van der Waals surface area contributed by atoms with E-state index in [1.807, 2.05) is 6.92 Å². The van der Waals surface area contributed by atoms with Crippen molar-refractivity contribution in [2.45, 2.75) is 13.3 Å². The van der Waals surface area contributed by atoms with Crippen LogP contribution in [0.4, 0.5) is 0 Å². The summed E-state index contributed by atoms with van der Waals surface area (Å²) in [5.74, 6) is 0.122. The summed E-state index contributed by atoms with van der Waals surface area (Å²) in [4.78, 5) is 0. The lowest BCUT2D eigenvalue weighted by Crippen LogP contribution is -2.09. The van der Waals surface area contributed by atoms with Gasteiger partial charge in [0.05, 0.1) is 19.0 Å². The highest BCUT2D eigenvalue weighted by Crippen LogP contribution is 1.90. The lowest BCUT2D eigenvalue weighted by molar-refractivity contribution is 0.0533. The number of hydrogen-bond acceptors (Lipinski definition) is 4. The highest BCUT2D eigenvalue weighted by atomic mass is 32.8. The van der Waals surface area contributed by atoms with E-state index in [2.05, 4.69) is 11.2 Å². The fraction of sp³-hybridized carbons (Fsp3) is 1.00. The maximum Gasteiger partial charge on any atom is 0.141 e. The smallest absolute Gasteiger partial charge is 0.141 e. The standard InChI is InChI=1S/C7H16O4S2/c1-2-10-5-6-11-4-3-7-13(8,9)12/h2-7H2,1H3,(H,8,9,12). The molecule has 0 saturated heterocycles. The van der Waals surface area contributed by atoms with Crippen molar-refractivity contribution < 1.29 is 18.2 Å². The summed E-state index contributed by atoms with van der Waals surface area (Å²) in [7, 11) is -3.00. The van der Waals surface area contributed by atoms with Crippen LogP contribution in [0.5, 0.6) is 0 Å². The summed E-state index contributed by atoms with van der Waals surface area (Å²) in [6.07, 6.45) is 0.519. The molecule has 0 spiro atoms. The monoisotopic (exact) mass is 228 g/mol. The molecule has 0 amide bonds. The van der Waals surface area contributed by atoms with Crippen molar-refractivity contribution in [3.05, 3.63) is 0 Å². The molecule has 0 aromatic carbocycles. The van der Waals surface area contributed by atoms with E-state index < -0.39 is 8.77 Å². The van der Waals surface area contributed by atoms with Gasteiger partial charge in [0.15, 0.2) is 0 Å². The van der Waals surface area contributed by atoms with Gasteiger partial charge in [0, 0.05) is 24.4 Å². The Labute approximate surface area is 84.1 Å². The molecule has 13 heavy (non-hydrogen) atoms. The molecule has 1 unspecified atom stereocenters. The lowest BCUT2D eigenvalue weighted by Gasteiger charge is -2.03. The molecule has 80 valence electrons. The quantitative estimate of drug-likeness (QED) is 0.618. The van der Waals surface area contributed by atoms with Gasteiger partial charge in [0.2, 0.25) is 0 Å². The fourth-order valence-corrected chi connectivity index (χ4v) is 1.54. The molecule has 0 bridgehead atoms. The maximum absolute atomic E-state index is 10.6. The Morgan fingerprint density at radius 3 is 2.46 bits per heavy atom. The summed E-state index contributed by atoms with van der Waals surface area (Å²) in [5.41, 5.74) is 0. The predicted molar refractivity (Wildman–Crippen MR) is 54.9 cm³/mol. The molecule has 1 N–H and O–H groups in total. The van der Waals surface area contributed by atoms with E-state index in [-0.39, 0.29) is 5.75 Å². The highest BCUT2D eigenvalue weighted by Gasteiger charge is 1.98. The first kappa shape index (κ1) is 13.2. The summed E-state index contributed by atoms with van der Waals surface area (Å²) >= 11 is 4.31. The van der Waals surface area contributed by atoms with Gasteiger partial charge >= 0.3 is 0 Å². The van der Waals surface area contributed by atoms with Crippen molar-refractivity contribution in [3.8, 4) is 0 Å². The van der Waals surface area contributed by atoms with Crippen LogP contribution in [0, 0.1) is 0 Å². The Morgan fingerprint density at radius 1 is 1.31 bits per heavy atom. The van der Waals surface area contributed by atoms with Gasteiger partial charge < -0.3 is 14.0 Å². The van der Waals surface area contributed by atoms with Gasteiger partial charge in [0.25, 0.3) is 0 Å². The minimum atomic E-state index is -3.00. The van der Waals surface area contributed by atoms with Gasteiger partial charge in [-0.25, -0.2) is 4.21 Å². The van der Waals surface area contributed by atoms with E-state index in [4.69, 9.17) is 14.0 Å². The van der Waals surface area contributed by atoms with E-state index in [1.165, 1.54) is 0 Å². The van der Waals surface area contributed by atoms with Crippen LogP contribution in [0.3, 0.4) is 0 Å². The molecule has 0 heterocycles.